The summed E-state index contributed by atoms with van der Waals surface area (Å²) in [6.07, 6.45) is 1.65. The van der Waals surface area contributed by atoms with Crippen LogP contribution in [0.4, 0.5) is 0 Å². The van der Waals surface area contributed by atoms with E-state index in [-0.39, 0.29) is 12.1 Å². The lowest BCUT2D eigenvalue weighted by molar-refractivity contribution is -0.0768. The fourth-order valence-corrected chi connectivity index (χ4v) is 3.01. The molecule has 0 radical (unpaired) electrons. The van der Waals surface area contributed by atoms with Crippen molar-refractivity contribution in [1.29, 1.82) is 0 Å². The lowest BCUT2D eigenvalue weighted by Crippen LogP contribution is -2.44. The summed E-state index contributed by atoms with van der Waals surface area (Å²) in [5.41, 5.74) is 0.798. The number of methoxy groups -OCH3 is 2. The number of ether oxygens (including phenoxy) is 3. The monoisotopic (exact) mass is 334 g/mol. The van der Waals surface area contributed by atoms with E-state index < -0.39 is 0 Å². The Morgan fingerprint density at radius 1 is 1.33 bits per heavy atom. The molecule has 0 unspecified atom stereocenters. The first kappa shape index (κ1) is 16.7. The summed E-state index contributed by atoms with van der Waals surface area (Å²) < 4.78 is 22.0. The molecule has 3 rings (SSSR count). The van der Waals surface area contributed by atoms with E-state index in [1.807, 2.05) is 6.92 Å². The maximum atomic E-state index is 5.78. The summed E-state index contributed by atoms with van der Waals surface area (Å²) in [5, 5.41) is 3.90. The van der Waals surface area contributed by atoms with Crippen molar-refractivity contribution in [3.05, 3.63) is 29.7 Å². The minimum Gasteiger partial charge on any atom is -0.493 e. The van der Waals surface area contributed by atoms with E-state index in [0.717, 1.165) is 12.2 Å². The highest BCUT2D eigenvalue weighted by Crippen LogP contribution is 2.34. The summed E-state index contributed by atoms with van der Waals surface area (Å²) >= 11 is 0. The van der Waals surface area contributed by atoms with Crippen molar-refractivity contribution in [3.8, 4) is 11.5 Å². The summed E-state index contributed by atoms with van der Waals surface area (Å²) in [7, 11) is 3.23. The van der Waals surface area contributed by atoms with Gasteiger partial charge in [-0.3, -0.25) is 9.88 Å². The first-order chi connectivity index (χ1) is 11.6. The van der Waals surface area contributed by atoms with Crippen LogP contribution >= 0.6 is 0 Å². The number of aromatic nitrogens is 3. The Labute approximate surface area is 140 Å². The molecule has 1 aliphatic rings. The van der Waals surface area contributed by atoms with E-state index in [4.69, 9.17) is 18.7 Å². The molecule has 24 heavy (non-hydrogen) atoms. The lowest BCUT2D eigenvalue weighted by Gasteiger charge is -2.37. The number of morpholine rings is 1. The van der Waals surface area contributed by atoms with E-state index in [1.165, 1.54) is 0 Å². The highest BCUT2D eigenvalue weighted by molar-refractivity contribution is 5.42. The Kier molecular flexibility index (Phi) is 4.96. The second kappa shape index (κ2) is 7.14. The molecule has 1 saturated heterocycles. The third kappa shape index (κ3) is 3.20. The van der Waals surface area contributed by atoms with Gasteiger partial charge in [-0.25, -0.2) is 0 Å². The average Bonchev–Trinajstić information content (AvgIpc) is 3.00. The van der Waals surface area contributed by atoms with Crippen molar-refractivity contribution < 1.29 is 18.7 Å². The predicted molar refractivity (Wildman–Crippen MR) is 84.9 cm³/mol. The van der Waals surface area contributed by atoms with Gasteiger partial charge in [0.1, 0.15) is 11.7 Å². The molecule has 3 heterocycles. The molecular weight excluding hydrogens is 312 g/mol. The van der Waals surface area contributed by atoms with E-state index in [2.05, 4.69) is 20.0 Å². The lowest BCUT2D eigenvalue weighted by atomic mass is 10.1. The van der Waals surface area contributed by atoms with Crippen LogP contribution in [0.3, 0.4) is 0 Å². The van der Waals surface area contributed by atoms with Crippen molar-refractivity contribution in [1.82, 2.24) is 20.0 Å². The van der Waals surface area contributed by atoms with Crippen LogP contribution in [0, 0.1) is 6.92 Å². The van der Waals surface area contributed by atoms with Gasteiger partial charge in [0.05, 0.1) is 26.9 Å². The van der Waals surface area contributed by atoms with Gasteiger partial charge in [-0.15, -0.1) is 0 Å². The van der Waals surface area contributed by atoms with Crippen LogP contribution in [-0.4, -0.2) is 53.5 Å². The summed E-state index contributed by atoms with van der Waals surface area (Å²) in [6.45, 7) is 5.75. The zero-order valence-electron chi connectivity index (χ0n) is 14.4. The summed E-state index contributed by atoms with van der Waals surface area (Å²) in [5.74, 6) is 2.47. The first-order valence-electron chi connectivity index (χ1n) is 7.85. The molecule has 2 aromatic heterocycles. The van der Waals surface area contributed by atoms with Gasteiger partial charge < -0.3 is 18.7 Å². The van der Waals surface area contributed by atoms with Gasteiger partial charge >= 0.3 is 0 Å². The maximum Gasteiger partial charge on any atom is 0.246 e. The fraction of sp³-hybridized carbons (Fsp3) is 0.562. The Balaban J connectivity index is 1.89. The third-order valence-electron chi connectivity index (χ3n) is 4.11. The average molecular weight is 334 g/mol. The van der Waals surface area contributed by atoms with Crippen LogP contribution in [0.5, 0.6) is 11.5 Å². The molecule has 0 bridgehead atoms. The Hall–Kier alpha value is -2.19. The molecule has 8 heteroatoms. The smallest absolute Gasteiger partial charge is 0.246 e. The van der Waals surface area contributed by atoms with E-state index >= 15 is 0 Å². The molecule has 0 spiro atoms. The van der Waals surface area contributed by atoms with Crippen LogP contribution in [0.1, 0.15) is 30.4 Å². The second-order valence-corrected chi connectivity index (χ2v) is 5.66. The number of hydrogen-bond donors (Lipinski definition) is 0. The SMILES string of the molecule is COc1ccnc(CN2CCO[C@H](C)[C@H]2c2nc(C)no2)c1OC. The minimum absolute atomic E-state index is 0.0600. The second-order valence-electron chi connectivity index (χ2n) is 5.66. The maximum absolute atomic E-state index is 5.78. The van der Waals surface area contributed by atoms with Crippen molar-refractivity contribution in [2.24, 2.45) is 0 Å². The molecule has 1 fully saturated rings. The van der Waals surface area contributed by atoms with Crippen LogP contribution in [-0.2, 0) is 11.3 Å². The van der Waals surface area contributed by atoms with Gasteiger partial charge in [0.2, 0.25) is 5.89 Å². The molecule has 2 atom stereocenters. The summed E-state index contributed by atoms with van der Waals surface area (Å²) in [4.78, 5) is 11.0. The van der Waals surface area contributed by atoms with E-state index in [0.29, 0.717) is 36.4 Å². The van der Waals surface area contributed by atoms with Gasteiger partial charge in [-0.1, -0.05) is 5.16 Å². The predicted octanol–water partition coefficient (Wildman–Crippen LogP) is 1.75. The normalized spacial score (nSPS) is 21.7. The van der Waals surface area contributed by atoms with Crippen molar-refractivity contribution >= 4 is 0 Å². The minimum atomic E-state index is -0.127. The third-order valence-corrected chi connectivity index (χ3v) is 4.11. The zero-order chi connectivity index (χ0) is 17.1. The molecule has 0 amide bonds. The number of hydrogen-bond acceptors (Lipinski definition) is 8. The Morgan fingerprint density at radius 3 is 2.83 bits per heavy atom. The van der Waals surface area contributed by atoms with Gasteiger partial charge in [0.25, 0.3) is 0 Å². The van der Waals surface area contributed by atoms with E-state index in [9.17, 15) is 0 Å². The standard InChI is InChI=1S/C16H22N4O4/c1-10-14(16-18-11(2)19-24-16)20(7-8-23-10)9-12-15(22-4)13(21-3)5-6-17-12/h5-6,10,14H,7-9H2,1-4H3/t10-,14+/m1/s1. The van der Waals surface area contributed by atoms with Crippen molar-refractivity contribution in [2.45, 2.75) is 32.5 Å². The topological polar surface area (TPSA) is 82.7 Å². The molecule has 0 N–H and O–H groups in total. The molecule has 0 aromatic carbocycles. The molecule has 1 aliphatic heterocycles. The zero-order valence-corrected chi connectivity index (χ0v) is 14.4. The molecular formula is C16H22N4O4. The molecule has 8 nitrogen and oxygen atoms in total. The fourth-order valence-electron chi connectivity index (χ4n) is 3.01. The molecule has 0 saturated carbocycles. The van der Waals surface area contributed by atoms with Crippen LogP contribution < -0.4 is 9.47 Å². The van der Waals surface area contributed by atoms with Gasteiger partial charge in [0, 0.05) is 25.4 Å². The van der Waals surface area contributed by atoms with Gasteiger partial charge in [-0.05, 0) is 13.8 Å². The largest absolute Gasteiger partial charge is 0.493 e. The number of pyridine rings is 1. The highest BCUT2D eigenvalue weighted by atomic mass is 16.5. The molecule has 0 aliphatic carbocycles. The molecule has 2 aromatic rings. The Morgan fingerprint density at radius 2 is 2.17 bits per heavy atom. The van der Waals surface area contributed by atoms with Crippen LogP contribution in [0.25, 0.3) is 0 Å². The number of rotatable bonds is 5. The Bertz CT molecular complexity index is 690. The van der Waals surface area contributed by atoms with Gasteiger partial charge in [-0.2, -0.15) is 4.98 Å². The number of nitrogens with zero attached hydrogens (tertiary/aromatic N) is 4. The van der Waals surface area contributed by atoms with Crippen molar-refractivity contribution in [3.63, 3.8) is 0 Å². The number of aryl methyl sites for hydroxylation is 1. The molecule has 130 valence electrons. The first-order valence-corrected chi connectivity index (χ1v) is 7.85. The van der Waals surface area contributed by atoms with Crippen LogP contribution in [0.15, 0.2) is 16.8 Å². The van der Waals surface area contributed by atoms with E-state index in [1.54, 1.807) is 33.4 Å². The highest BCUT2D eigenvalue weighted by Gasteiger charge is 2.35. The summed E-state index contributed by atoms with van der Waals surface area (Å²) in [6, 6.07) is 1.65. The van der Waals surface area contributed by atoms with Gasteiger partial charge in [0.15, 0.2) is 17.3 Å². The quantitative estimate of drug-likeness (QED) is 0.818. The van der Waals surface area contributed by atoms with Crippen LogP contribution in [0.2, 0.25) is 0 Å². The van der Waals surface area contributed by atoms with Crippen molar-refractivity contribution in [2.75, 3.05) is 27.4 Å².